The van der Waals surface area contributed by atoms with Crippen molar-refractivity contribution < 1.29 is 4.79 Å². The number of fused-ring (bicyclic) bond motifs is 1. The molecule has 0 atom stereocenters. The second-order valence-corrected chi connectivity index (χ2v) is 5.31. The van der Waals surface area contributed by atoms with E-state index in [1.165, 1.54) is 16.2 Å². The predicted molar refractivity (Wildman–Crippen MR) is 76.8 cm³/mol. The first-order valence-corrected chi connectivity index (χ1v) is 6.88. The average Bonchev–Trinajstić information content (AvgIpc) is 3.08. The normalized spacial score (nSPS) is 10.8. The summed E-state index contributed by atoms with van der Waals surface area (Å²) in [5.74, 6) is 0.325. The molecule has 3 aromatic rings. The van der Waals surface area contributed by atoms with Crippen LogP contribution in [-0.4, -0.2) is 32.8 Å². The maximum atomic E-state index is 12.1. The molecule has 0 aliphatic carbocycles. The molecule has 0 spiro atoms. The average molecular weight is 288 g/mol. The van der Waals surface area contributed by atoms with E-state index in [2.05, 4.69) is 15.0 Å². The van der Waals surface area contributed by atoms with Gasteiger partial charge in [0.2, 0.25) is 0 Å². The number of H-pyrrole nitrogens is 2. The Balaban J connectivity index is 1.85. The van der Waals surface area contributed by atoms with E-state index in [9.17, 15) is 9.59 Å². The summed E-state index contributed by atoms with van der Waals surface area (Å²) in [4.78, 5) is 35.4. The first-order valence-electron chi connectivity index (χ1n) is 6.00. The fraction of sp³-hybridized carbons (Fsp3) is 0.154. The number of aromatic nitrogens is 3. The Labute approximate surface area is 118 Å². The summed E-state index contributed by atoms with van der Waals surface area (Å²) in [5.41, 5.74) is 1.00. The number of hydrogen-bond acceptors (Lipinski definition) is 4. The molecule has 0 bridgehead atoms. The molecule has 7 heteroatoms. The Kier molecular flexibility index (Phi) is 3.11. The Hall–Kier alpha value is -2.41. The topological polar surface area (TPSA) is 81.8 Å². The van der Waals surface area contributed by atoms with Gasteiger partial charge in [0.1, 0.15) is 16.2 Å². The van der Waals surface area contributed by atoms with Crippen LogP contribution in [0.2, 0.25) is 0 Å². The summed E-state index contributed by atoms with van der Waals surface area (Å²) in [6.07, 6.45) is 1.69. The molecule has 6 nitrogen and oxygen atoms in total. The molecular formula is C13H12N4O2S. The molecule has 20 heavy (non-hydrogen) atoms. The van der Waals surface area contributed by atoms with Crippen molar-refractivity contribution in [2.45, 2.75) is 6.54 Å². The minimum absolute atomic E-state index is 0.150. The van der Waals surface area contributed by atoms with Crippen molar-refractivity contribution in [2.75, 3.05) is 7.05 Å². The van der Waals surface area contributed by atoms with E-state index < -0.39 is 0 Å². The number of rotatable bonds is 3. The van der Waals surface area contributed by atoms with Gasteiger partial charge in [-0.15, -0.1) is 11.3 Å². The Morgan fingerprint density at radius 3 is 3.05 bits per heavy atom. The fourth-order valence-corrected chi connectivity index (χ4v) is 2.69. The molecule has 2 N–H and O–H groups in total. The standard InChI is InChI=1S/C13H12N4O2S/c1-17(13(19)9-3-2-5-14-9)7-10-15-8-4-6-20-11(8)12(18)16-10/h2-6,14H,7H2,1H3,(H,15,16,18). The van der Waals surface area contributed by atoms with Gasteiger partial charge in [0.25, 0.3) is 11.5 Å². The molecule has 0 fully saturated rings. The van der Waals surface area contributed by atoms with Crippen LogP contribution < -0.4 is 5.56 Å². The lowest BCUT2D eigenvalue weighted by atomic mass is 10.3. The molecule has 0 radical (unpaired) electrons. The van der Waals surface area contributed by atoms with Gasteiger partial charge in [-0.2, -0.15) is 0 Å². The molecule has 0 aromatic carbocycles. The molecule has 0 aliphatic heterocycles. The van der Waals surface area contributed by atoms with Gasteiger partial charge in [-0.05, 0) is 23.6 Å². The molecule has 1 amide bonds. The van der Waals surface area contributed by atoms with Crippen molar-refractivity contribution in [3.63, 3.8) is 0 Å². The largest absolute Gasteiger partial charge is 0.357 e. The Morgan fingerprint density at radius 2 is 2.30 bits per heavy atom. The number of aromatic amines is 2. The first kappa shape index (κ1) is 12.6. The van der Waals surface area contributed by atoms with E-state index in [1.54, 1.807) is 31.4 Å². The number of hydrogen-bond donors (Lipinski definition) is 2. The van der Waals surface area contributed by atoms with Crippen LogP contribution in [0.3, 0.4) is 0 Å². The summed E-state index contributed by atoms with van der Waals surface area (Å²) >= 11 is 1.35. The van der Waals surface area contributed by atoms with Gasteiger partial charge in [-0.3, -0.25) is 9.59 Å². The van der Waals surface area contributed by atoms with E-state index in [0.29, 0.717) is 21.7 Å². The third-order valence-electron chi connectivity index (χ3n) is 2.93. The molecule has 3 aromatic heterocycles. The molecule has 0 saturated heterocycles. The number of carbonyl (C=O) groups is 1. The fourth-order valence-electron chi connectivity index (χ4n) is 1.96. The number of carbonyl (C=O) groups excluding carboxylic acids is 1. The minimum Gasteiger partial charge on any atom is -0.357 e. The van der Waals surface area contributed by atoms with Gasteiger partial charge >= 0.3 is 0 Å². The zero-order valence-corrected chi connectivity index (χ0v) is 11.5. The van der Waals surface area contributed by atoms with Gasteiger partial charge in [-0.1, -0.05) is 0 Å². The van der Waals surface area contributed by atoms with Crippen molar-refractivity contribution in [2.24, 2.45) is 0 Å². The van der Waals surface area contributed by atoms with Gasteiger partial charge in [0.05, 0.1) is 12.1 Å². The monoisotopic (exact) mass is 288 g/mol. The number of thiophene rings is 1. The van der Waals surface area contributed by atoms with Crippen LogP contribution in [0.1, 0.15) is 16.3 Å². The molecule has 3 heterocycles. The van der Waals surface area contributed by atoms with Crippen molar-refractivity contribution >= 4 is 27.5 Å². The number of nitrogens with one attached hydrogen (secondary N) is 2. The lowest BCUT2D eigenvalue weighted by molar-refractivity contribution is 0.0776. The summed E-state index contributed by atoms with van der Waals surface area (Å²) in [7, 11) is 1.67. The van der Waals surface area contributed by atoms with Crippen LogP contribution >= 0.6 is 11.3 Å². The van der Waals surface area contributed by atoms with Crippen LogP contribution in [-0.2, 0) is 6.54 Å². The van der Waals surface area contributed by atoms with E-state index in [4.69, 9.17) is 0 Å². The van der Waals surface area contributed by atoms with Gasteiger partial charge < -0.3 is 14.9 Å². The van der Waals surface area contributed by atoms with E-state index >= 15 is 0 Å². The highest BCUT2D eigenvalue weighted by Gasteiger charge is 2.14. The van der Waals surface area contributed by atoms with Crippen molar-refractivity contribution in [1.82, 2.24) is 19.9 Å². The summed E-state index contributed by atoms with van der Waals surface area (Å²) in [6, 6.07) is 5.27. The molecular weight excluding hydrogens is 276 g/mol. The SMILES string of the molecule is CN(Cc1nc2ccsc2c(=O)[nH]1)C(=O)c1ccc[nH]1. The van der Waals surface area contributed by atoms with Crippen molar-refractivity contribution in [1.29, 1.82) is 0 Å². The first-order chi connectivity index (χ1) is 9.65. The van der Waals surface area contributed by atoms with E-state index in [-0.39, 0.29) is 18.0 Å². The third kappa shape index (κ3) is 2.23. The molecule has 0 unspecified atom stereocenters. The van der Waals surface area contributed by atoms with Crippen LogP contribution in [0.25, 0.3) is 10.2 Å². The highest BCUT2D eigenvalue weighted by molar-refractivity contribution is 7.17. The molecule has 102 valence electrons. The molecule has 0 aliphatic rings. The number of nitrogens with zero attached hydrogens (tertiary/aromatic N) is 2. The minimum atomic E-state index is -0.166. The summed E-state index contributed by atoms with van der Waals surface area (Å²) in [6.45, 7) is 0.249. The third-order valence-corrected chi connectivity index (χ3v) is 3.83. The van der Waals surface area contributed by atoms with Crippen LogP contribution in [0, 0.1) is 0 Å². The summed E-state index contributed by atoms with van der Waals surface area (Å²) < 4.78 is 0.604. The second kappa shape index (κ2) is 4.93. The molecule has 0 saturated carbocycles. The zero-order chi connectivity index (χ0) is 14.1. The highest BCUT2D eigenvalue weighted by Crippen LogP contribution is 2.14. The van der Waals surface area contributed by atoms with Gasteiger partial charge in [0, 0.05) is 13.2 Å². The lowest BCUT2D eigenvalue weighted by Crippen LogP contribution is -2.28. The van der Waals surface area contributed by atoms with Crippen LogP contribution in [0.15, 0.2) is 34.6 Å². The van der Waals surface area contributed by atoms with Gasteiger partial charge in [-0.25, -0.2) is 4.98 Å². The summed E-state index contributed by atoms with van der Waals surface area (Å²) in [5, 5.41) is 1.82. The van der Waals surface area contributed by atoms with E-state index in [1.807, 2.05) is 5.38 Å². The maximum absolute atomic E-state index is 12.1. The maximum Gasteiger partial charge on any atom is 0.270 e. The Morgan fingerprint density at radius 1 is 1.45 bits per heavy atom. The van der Waals surface area contributed by atoms with Crippen molar-refractivity contribution in [3.05, 3.63) is 51.6 Å². The van der Waals surface area contributed by atoms with Crippen LogP contribution in [0.5, 0.6) is 0 Å². The predicted octanol–water partition coefficient (Wildman–Crippen LogP) is 1.58. The Bertz CT molecular complexity index is 803. The van der Waals surface area contributed by atoms with Gasteiger partial charge in [0.15, 0.2) is 0 Å². The zero-order valence-electron chi connectivity index (χ0n) is 10.7. The second-order valence-electron chi connectivity index (χ2n) is 4.39. The smallest absolute Gasteiger partial charge is 0.270 e. The lowest BCUT2D eigenvalue weighted by Gasteiger charge is -2.15. The number of amides is 1. The highest BCUT2D eigenvalue weighted by atomic mass is 32.1. The quantitative estimate of drug-likeness (QED) is 0.767. The van der Waals surface area contributed by atoms with E-state index in [0.717, 1.165) is 0 Å². The van der Waals surface area contributed by atoms with Crippen molar-refractivity contribution in [3.8, 4) is 0 Å². The van der Waals surface area contributed by atoms with Crippen LogP contribution in [0.4, 0.5) is 0 Å². The molecule has 3 rings (SSSR count).